The van der Waals surface area contributed by atoms with Gasteiger partial charge in [0, 0.05) is 36.1 Å². The zero-order valence-corrected chi connectivity index (χ0v) is 25.9. The fourth-order valence-electron chi connectivity index (χ4n) is 2.83. The number of carbonyl (C=O) groups excluding carboxylic acids is 2. The molecule has 1 rings (SSSR count). The molecule has 1 aromatic rings. The van der Waals surface area contributed by atoms with Crippen molar-refractivity contribution >= 4 is 23.9 Å². The number of rotatable bonds is 17. The second-order valence-corrected chi connectivity index (χ2v) is 8.63. The van der Waals surface area contributed by atoms with Gasteiger partial charge in [0.2, 0.25) is 12.3 Å². The van der Waals surface area contributed by atoms with E-state index in [-0.39, 0.29) is 18.3 Å². The topological polar surface area (TPSA) is 80.2 Å². The number of benzene rings is 1. The normalized spacial score (nSPS) is 9.68. The molecule has 0 fully saturated rings. The minimum absolute atomic E-state index is 0.0743. The van der Waals surface area contributed by atoms with Crippen LogP contribution < -0.4 is 10.3 Å². The van der Waals surface area contributed by atoms with Crippen LogP contribution in [0.4, 0.5) is 14.6 Å². The SMILES string of the molecule is C=CCOC(CCC)=NC(=C)C=C.CCC.CCCN(C=O)CCCCCC(=O)Nc1ccc(OF)cc1.CCF. The maximum atomic E-state index is 11.9. The van der Waals surface area contributed by atoms with Gasteiger partial charge in [-0.2, -0.15) is 0 Å². The van der Waals surface area contributed by atoms with Crippen LogP contribution in [0, 0.1) is 0 Å². The molecule has 0 spiro atoms. The van der Waals surface area contributed by atoms with Crippen LogP contribution >= 0.6 is 0 Å². The zero-order chi connectivity index (χ0) is 31.7. The summed E-state index contributed by atoms with van der Waals surface area (Å²) in [5, 5.41) is 2.74. The molecule has 9 heteroatoms. The Bertz CT molecular complexity index is 829. The van der Waals surface area contributed by atoms with Crippen molar-refractivity contribution in [1.29, 1.82) is 0 Å². The lowest BCUT2D eigenvalue weighted by Crippen LogP contribution is -2.23. The van der Waals surface area contributed by atoms with Gasteiger partial charge in [-0.05, 0) is 62.9 Å². The molecule has 0 aromatic heterocycles. The first-order valence-electron chi connectivity index (χ1n) is 14.3. The van der Waals surface area contributed by atoms with Crippen LogP contribution in [0.1, 0.15) is 86.0 Å². The van der Waals surface area contributed by atoms with E-state index in [2.05, 4.69) is 55.8 Å². The average molecular weight is 582 g/mol. The van der Waals surface area contributed by atoms with Gasteiger partial charge in [0.1, 0.15) is 6.61 Å². The van der Waals surface area contributed by atoms with Crippen LogP contribution in [-0.4, -0.2) is 49.5 Å². The van der Waals surface area contributed by atoms with E-state index in [1.54, 1.807) is 29.2 Å². The van der Waals surface area contributed by atoms with Crippen molar-refractivity contribution in [3.05, 3.63) is 61.9 Å². The molecule has 0 saturated carbocycles. The molecule has 0 radical (unpaired) electrons. The van der Waals surface area contributed by atoms with Gasteiger partial charge < -0.3 is 15.0 Å². The van der Waals surface area contributed by atoms with E-state index < -0.39 is 0 Å². The van der Waals surface area contributed by atoms with Crippen molar-refractivity contribution in [2.45, 2.75) is 86.0 Å². The molecular weight excluding hydrogens is 528 g/mol. The van der Waals surface area contributed by atoms with Crippen LogP contribution in [0.3, 0.4) is 0 Å². The van der Waals surface area contributed by atoms with E-state index in [0.717, 1.165) is 58.0 Å². The lowest BCUT2D eigenvalue weighted by molar-refractivity contribution is -0.118. The smallest absolute Gasteiger partial charge is 0.224 e. The highest BCUT2D eigenvalue weighted by Gasteiger charge is 2.04. The summed E-state index contributed by atoms with van der Waals surface area (Å²) in [4.78, 5) is 32.0. The summed E-state index contributed by atoms with van der Waals surface area (Å²) in [6.07, 6.45) is 11.2. The van der Waals surface area contributed by atoms with Gasteiger partial charge in [0.15, 0.2) is 11.6 Å². The molecule has 0 heterocycles. The average Bonchev–Trinajstić information content (AvgIpc) is 2.96. The van der Waals surface area contributed by atoms with Gasteiger partial charge >= 0.3 is 0 Å². The summed E-state index contributed by atoms with van der Waals surface area (Å²) in [5.74, 6) is 0.729. The van der Waals surface area contributed by atoms with Crippen molar-refractivity contribution in [2.75, 3.05) is 31.7 Å². The fraction of sp³-hybridized carbons (Fsp3) is 0.531. The number of alkyl halides is 1. The second-order valence-electron chi connectivity index (χ2n) is 8.63. The van der Waals surface area contributed by atoms with Crippen molar-refractivity contribution in [3.63, 3.8) is 0 Å². The molecule has 41 heavy (non-hydrogen) atoms. The Morgan fingerprint density at radius 3 is 2.07 bits per heavy atom. The number of carbonyl (C=O) groups is 2. The van der Waals surface area contributed by atoms with Crippen LogP contribution in [0.15, 0.2) is 66.8 Å². The van der Waals surface area contributed by atoms with E-state index in [1.165, 1.54) is 25.5 Å². The van der Waals surface area contributed by atoms with E-state index in [1.807, 2.05) is 6.92 Å². The number of ether oxygens (including phenoxy) is 1. The number of nitrogens with zero attached hydrogens (tertiary/aromatic N) is 2. The molecular formula is C32H53F2N3O4. The molecule has 0 aliphatic rings. The van der Waals surface area contributed by atoms with Gasteiger partial charge in [-0.15, -0.1) is 0 Å². The quantitative estimate of drug-likeness (QED) is 0.0498. The standard InChI is InChI=1S/C16H23FN2O3.C11H17NO.C3H8.C2H5F/c1-2-11-19(13-20)12-5-3-4-6-16(21)18-14-7-9-15(22-17)10-8-14;1-5-8-11(13-9-6-2)12-10(4)7-3;1-3-2;1-2-3/h7-10,13H,2-6,11-12H2,1H3,(H,18,21);6-7H,2-5,8-9H2,1H3;3H2,1-2H3;2H2,1H3. The summed E-state index contributed by atoms with van der Waals surface area (Å²) < 4.78 is 27.5. The highest BCUT2D eigenvalue weighted by molar-refractivity contribution is 5.90. The van der Waals surface area contributed by atoms with Crippen molar-refractivity contribution in [3.8, 4) is 5.75 Å². The number of amides is 2. The number of nitrogens with one attached hydrogen (secondary N) is 1. The third-order valence-corrected chi connectivity index (χ3v) is 4.57. The van der Waals surface area contributed by atoms with Crippen LogP contribution in [-0.2, 0) is 14.3 Å². The Labute approximate surface area is 247 Å². The summed E-state index contributed by atoms with van der Waals surface area (Å²) in [5.41, 5.74) is 1.24. The Hall–Kier alpha value is -3.49. The van der Waals surface area contributed by atoms with Crippen LogP contribution in [0.2, 0.25) is 0 Å². The number of allylic oxidation sites excluding steroid dienone is 1. The fourth-order valence-corrected chi connectivity index (χ4v) is 2.83. The molecule has 7 nitrogen and oxygen atoms in total. The van der Waals surface area contributed by atoms with E-state index in [9.17, 15) is 18.5 Å². The minimum atomic E-state index is -0.250. The molecule has 0 unspecified atom stereocenters. The van der Waals surface area contributed by atoms with Crippen LogP contribution in [0.5, 0.6) is 5.75 Å². The predicted molar refractivity (Wildman–Crippen MR) is 169 cm³/mol. The molecule has 0 saturated heterocycles. The Balaban J connectivity index is -0.000000643. The largest absolute Gasteiger partial charge is 0.477 e. The highest BCUT2D eigenvalue weighted by atomic mass is 19.3. The molecule has 0 atom stereocenters. The summed E-state index contributed by atoms with van der Waals surface area (Å²) in [7, 11) is 0. The predicted octanol–water partition coefficient (Wildman–Crippen LogP) is 8.80. The first kappa shape index (κ1) is 42.0. The van der Waals surface area contributed by atoms with Crippen molar-refractivity contribution < 1.29 is 28.2 Å². The van der Waals surface area contributed by atoms with Gasteiger partial charge in [0.05, 0.1) is 12.4 Å². The molecule has 2 amide bonds. The third-order valence-electron chi connectivity index (χ3n) is 4.57. The van der Waals surface area contributed by atoms with Gasteiger partial charge in [-0.3, -0.25) is 18.9 Å². The number of unbranched alkanes of at least 4 members (excludes halogenated alkanes) is 2. The van der Waals surface area contributed by atoms with Gasteiger partial charge in [-0.25, -0.2) is 4.99 Å². The van der Waals surface area contributed by atoms with E-state index in [4.69, 9.17) is 4.74 Å². The van der Waals surface area contributed by atoms with Gasteiger partial charge in [0.25, 0.3) is 0 Å². The highest BCUT2D eigenvalue weighted by Crippen LogP contribution is 2.16. The first-order chi connectivity index (χ1) is 19.8. The van der Waals surface area contributed by atoms with E-state index in [0.29, 0.717) is 30.3 Å². The minimum Gasteiger partial charge on any atom is -0.477 e. The van der Waals surface area contributed by atoms with Crippen LogP contribution in [0.25, 0.3) is 0 Å². The summed E-state index contributed by atoms with van der Waals surface area (Å²) in [6, 6.07) is 6.05. The number of anilines is 1. The Morgan fingerprint density at radius 2 is 1.61 bits per heavy atom. The van der Waals surface area contributed by atoms with E-state index >= 15 is 0 Å². The van der Waals surface area contributed by atoms with Crippen molar-refractivity contribution in [2.24, 2.45) is 4.99 Å². The molecule has 0 bridgehead atoms. The lowest BCUT2D eigenvalue weighted by Gasteiger charge is -2.15. The maximum Gasteiger partial charge on any atom is 0.224 e. The zero-order valence-electron chi connectivity index (χ0n) is 25.9. The molecule has 1 aromatic carbocycles. The summed E-state index contributed by atoms with van der Waals surface area (Å²) in [6.45, 7) is 22.4. The Morgan fingerprint density at radius 1 is 1.00 bits per heavy atom. The maximum absolute atomic E-state index is 11.9. The lowest BCUT2D eigenvalue weighted by atomic mass is 10.1. The van der Waals surface area contributed by atoms with Crippen molar-refractivity contribution in [1.82, 2.24) is 4.90 Å². The number of aliphatic imine (C=N–C) groups is 1. The second kappa shape index (κ2) is 32.7. The Kier molecular flexibility index (Phi) is 33.5. The number of hydrogen-bond donors (Lipinski definition) is 1. The third kappa shape index (κ3) is 29.3. The molecule has 0 aliphatic carbocycles. The number of halogens is 2. The van der Waals surface area contributed by atoms with Gasteiger partial charge in [-0.1, -0.05) is 66.3 Å². The summed E-state index contributed by atoms with van der Waals surface area (Å²) >= 11 is 0. The monoisotopic (exact) mass is 581 g/mol. The molecule has 1 N–H and O–H groups in total. The number of hydrogen-bond acceptors (Lipinski definition) is 5. The molecule has 234 valence electrons. The first-order valence-corrected chi connectivity index (χ1v) is 14.3. The molecule has 0 aliphatic heterocycles.